The first-order chi connectivity index (χ1) is 5.68. The normalized spacial score (nSPS) is 9.50. The summed E-state index contributed by atoms with van der Waals surface area (Å²) in [5.41, 5.74) is 0.545. The maximum atomic E-state index is 12.5. The van der Waals surface area contributed by atoms with Gasteiger partial charge in [-0.1, -0.05) is 6.07 Å². The molecule has 4 heteroatoms. The average Bonchev–Trinajstić information content (AvgIpc) is 2.01. The third-order valence-corrected chi connectivity index (χ3v) is 1.39. The van der Waals surface area contributed by atoms with Crippen LogP contribution >= 0.6 is 11.6 Å². The van der Waals surface area contributed by atoms with Crippen LogP contribution in [0.3, 0.4) is 0 Å². The molecule has 0 aromatic heterocycles. The molecule has 0 aliphatic carbocycles. The monoisotopic (exact) mass is 187 g/mol. The third-order valence-electron chi connectivity index (χ3n) is 1.26. The summed E-state index contributed by atoms with van der Waals surface area (Å²) in [6.07, 6.45) is 0. The third kappa shape index (κ3) is 2.88. The molecule has 1 aromatic rings. The van der Waals surface area contributed by atoms with Gasteiger partial charge >= 0.3 is 0 Å². The second-order valence-corrected chi connectivity index (χ2v) is 2.64. The maximum absolute atomic E-state index is 12.5. The van der Waals surface area contributed by atoms with Crippen molar-refractivity contribution in [2.24, 2.45) is 0 Å². The highest BCUT2D eigenvalue weighted by Gasteiger charge is 1.96. The molecule has 0 radical (unpaired) electrons. The topological polar surface area (TPSA) is 29.1 Å². The maximum Gasteiger partial charge on any atom is 0.240 e. The molecule has 0 fully saturated rings. The Labute approximate surface area is 74.3 Å². The van der Waals surface area contributed by atoms with Gasteiger partial charge in [0.1, 0.15) is 5.82 Å². The van der Waals surface area contributed by atoms with Gasteiger partial charge in [0.15, 0.2) is 0 Å². The van der Waals surface area contributed by atoms with Crippen LogP contribution in [0, 0.1) is 5.82 Å². The molecule has 0 unspecified atom stereocenters. The van der Waals surface area contributed by atoms with Crippen molar-refractivity contribution in [3.63, 3.8) is 0 Å². The fourth-order valence-electron chi connectivity index (χ4n) is 0.770. The lowest BCUT2D eigenvalue weighted by Crippen LogP contribution is -2.07. The number of anilines is 1. The van der Waals surface area contributed by atoms with Gasteiger partial charge in [-0.15, -0.1) is 0 Å². The Kier molecular flexibility index (Phi) is 3.05. The minimum absolute atomic E-state index is 0.00497. The summed E-state index contributed by atoms with van der Waals surface area (Å²) in [6, 6.07) is 5.83. The van der Waals surface area contributed by atoms with Crippen LogP contribution in [0.2, 0.25) is 0 Å². The van der Waals surface area contributed by atoms with Crippen LogP contribution in [0.25, 0.3) is 0 Å². The molecular weight excluding hydrogens is 181 g/mol. The highest BCUT2D eigenvalue weighted by Crippen LogP contribution is 2.08. The Hall–Kier alpha value is -1.09. The van der Waals surface area contributed by atoms with Crippen LogP contribution in [-0.2, 0) is 4.79 Å². The molecule has 0 aliphatic rings. The van der Waals surface area contributed by atoms with Crippen LogP contribution in [0.1, 0.15) is 0 Å². The molecule has 0 saturated heterocycles. The Morgan fingerprint density at radius 3 is 2.92 bits per heavy atom. The molecule has 0 aliphatic heterocycles. The molecule has 0 atom stereocenters. The van der Waals surface area contributed by atoms with Crippen LogP contribution in [0.5, 0.6) is 0 Å². The van der Waals surface area contributed by atoms with Crippen molar-refractivity contribution in [1.82, 2.24) is 0 Å². The fraction of sp³-hybridized carbons (Fsp3) is 0.125. The van der Waals surface area contributed by atoms with E-state index in [2.05, 4.69) is 5.32 Å². The van der Waals surface area contributed by atoms with Gasteiger partial charge in [-0.2, -0.15) is 0 Å². The molecule has 1 N–H and O–H groups in total. The van der Waals surface area contributed by atoms with Gasteiger partial charge in [0.05, 0.1) is 6.54 Å². The zero-order valence-electron chi connectivity index (χ0n) is 6.18. The predicted molar refractivity (Wildman–Crippen MR) is 45.7 cm³/mol. The van der Waals surface area contributed by atoms with E-state index in [-0.39, 0.29) is 12.4 Å². The first-order valence-corrected chi connectivity index (χ1v) is 3.74. The average molecular weight is 188 g/mol. The first kappa shape index (κ1) is 9.00. The van der Waals surface area contributed by atoms with E-state index in [1.54, 1.807) is 12.1 Å². The molecule has 1 aromatic carbocycles. The van der Waals surface area contributed by atoms with Gasteiger partial charge in [-0.05, 0) is 29.8 Å². The molecule has 0 bridgehead atoms. The molecule has 0 saturated carbocycles. The summed E-state index contributed by atoms with van der Waals surface area (Å²) in [7, 11) is 0. The Bertz CT molecular complexity index is 290. The minimum Gasteiger partial charge on any atom is -0.377 e. The standard InChI is InChI=1S/C8H7ClFNO/c9-8(12)5-11-7-3-1-2-6(10)4-7/h1-4,11H,5H2. The lowest BCUT2D eigenvalue weighted by atomic mass is 10.3. The molecule has 1 rings (SSSR count). The molecule has 0 heterocycles. The molecule has 64 valence electrons. The van der Waals surface area contributed by atoms with Gasteiger partial charge in [-0.3, -0.25) is 4.79 Å². The Balaban J connectivity index is 2.57. The number of hydrogen-bond acceptors (Lipinski definition) is 2. The number of carbonyl (C=O) groups excluding carboxylic acids is 1. The van der Waals surface area contributed by atoms with Crippen molar-refractivity contribution >= 4 is 22.5 Å². The van der Waals surface area contributed by atoms with E-state index in [1.807, 2.05) is 0 Å². The first-order valence-electron chi connectivity index (χ1n) is 3.36. The van der Waals surface area contributed by atoms with Crippen molar-refractivity contribution in [2.75, 3.05) is 11.9 Å². The van der Waals surface area contributed by atoms with E-state index in [1.165, 1.54) is 12.1 Å². The van der Waals surface area contributed by atoms with Gasteiger partial charge in [0.2, 0.25) is 5.24 Å². The summed E-state index contributed by atoms with van der Waals surface area (Å²) < 4.78 is 12.5. The molecule has 12 heavy (non-hydrogen) atoms. The number of halogens is 2. The molecule has 0 spiro atoms. The second kappa shape index (κ2) is 4.07. The highest BCUT2D eigenvalue weighted by atomic mass is 35.5. The largest absolute Gasteiger partial charge is 0.377 e. The van der Waals surface area contributed by atoms with E-state index in [0.717, 1.165) is 0 Å². The van der Waals surface area contributed by atoms with E-state index in [0.29, 0.717) is 5.69 Å². The van der Waals surface area contributed by atoms with Crippen LogP contribution in [-0.4, -0.2) is 11.8 Å². The lowest BCUT2D eigenvalue weighted by Gasteiger charge is -2.01. The van der Waals surface area contributed by atoms with E-state index in [4.69, 9.17) is 11.6 Å². The van der Waals surface area contributed by atoms with Crippen molar-refractivity contribution in [2.45, 2.75) is 0 Å². The molecule has 2 nitrogen and oxygen atoms in total. The lowest BCUT2D eigenvalue weighted by molar-refractivity contribution is -0.110. The van der Waals surface area contributed by atoms with Crippen LogP contribution < -0.4 is 5.32 Å². The van der Waals surface area contributed by atoms with Gasteiger partial charge in [0.25, 0.3) is 0 Å². The van der Waals surface area contributed by atoms with E-state index in [9.17, 15) is 9.18 Å². The SMILES string of the molecule is O=C(Cl)CNc1cccc(F)c1. The molecular formula is C8H7ClFNO. The quantitative estimate of drug-likeness (QED) is 0.734. The van der Waals surface area contributed by atoms with Gasteiger partial charge in [0, 0.05) is 5.69 Å². The highest BCUT2D eigenvalue weighted by molar-refractivity contribution is 6.64. The summed E-state index contributed by atoms with van der Waals surface area (Å²) in [5.74, 6) is -0.345. The van der Waals surface area contributed by atoms with E-state index < -0.39 is 5.24 Å². The summed E-state index contributed by atoms with van der Waals surface area (Å²) in [5, 5.41) is 2.16. The van der Waals surface area contributed by atoms with E-state index >= 15 is 0 Å². The van der Waals surface area contributed by atoms with Crippen molar-refractivity contribution < 1.29 is 9.18 Å². The summed E-state index contributed by atoms with van der Waals surface area (Å²) in [6.45, 7) is 0.00497. The summed E-state index contributed by atoms with van der Waals surface area (Å²) in [4.78, 5) is 10.3. The zero-order chi connectivity index (χ0) is 8.97. The predicted octanol–water partition coefficient (Wildman–Crippen LogP) is 2.00. The Morgan fingerprint density at radius 2 is 2.33 bits per heavy atom. The van der Waals surface area contributed by atoms with Crippen LogP contribution in [0.4, 0.5) is 10.1 Å². The number of nitrogens with one attached hydrogen (secondary N) is 1. The molecule has 0 amide bonds. The second-order valence-electron chi connectivity index (χ2n) is 2.22. The Morgan fingerprint density at radius 1 is 1.58 bits per heavy atom. The summed E-state index contributed by atoms with van der Waals surface area (Å²) >= 11 is 5.07. The zero-order valence-corrected chi connectivity index (χ0v) is 6.94. The van der Waals surface area contributed by atoms with Crippen molar-refractivity contribution in [3.8, 4) is 0 Å². The van der Waals surface area contributed by atoms with Gasteiger partial charge < -0.3 is 5.32 Å². The fourth-order valence-corrected chi connectivity index (χ4v) is 0.837. The number of rotatable bonds is 3. The smallest absolute Gasteiger partial charge is 0.240 e. The number of benzene rings is 1. The van der Waals surface area contributed by atoms with Crippen molar-refractivity contribution in [1.29, 1.82) is 0 Å². The van der Waals surface area contributed by atoms with Crippen LogP contribution in [0.15, 0.2) is 24.3 Å². The van der Waals surface area contributed by atoms with Gasteiger partial charge in [-0.25, -0.2) is 4.39 Å². The minimum atomic E-state index is -0.501. The number of hydrogen-bond donors (Lipinski definition) is 1. The number of carbonyl (C=O) groups is 1. The van der Waals surface area contributed by atoms with Crippen molar-refractivity contribution in [3.05, 3.63) is 30.1 Å².